The fourth-order valence-corrected chi connectivity index (χ4v) is 9.40. The molecule has 0 aromatic rings. The normalized spacial score (nSPS) is 13.3. The molecule has 3 unspecified atom stereocenters. The first-order valence-corrected chi connectivity index (χ1v) is 29.0. The average molecular weight is 891 g/mol. The molecular weight excluding hydrogens is 775 g/mol. The number of rotatable bonds is 54. The highest BCUT2D eigenvalue weighted by Crippen LogP contribution is 2.18. The van der Waals surface area contributed by atoms with Crippen molar-refractivity contribution in [3.8, 4) is 0 Å². The van der Waals surface area contributed by atoms with Crippen molar-refractivity contribution in [3.05, 3.63) is 12.2 Å². The molecule has 0 aliphatic carbocycles. The van der Waals surface area contributed by atoms with E-state index >= 15 is 0 Å². The number of nitrogens with one attached hydrogen (secondary N) is 1. The van der Waals surface area contributed by atoms with Crippen LogP contribution in [0.25, 0.3) is 0 Å². The van der Waals surface area contributed by atoms with Crippen LogP contribution in [0.4, 0.5) is 0 Å². The largest absolute Gasteiger partial charge is 0.394 e. The van der Waals surface area contributed by atoms with Crippen LogP contribution in [0.2, 0.25) is 0 Å². The van der Waals surface area contributed by atoms with Gasteiger partial charge in [-0.15, -0.1) is 0 Å². The van der Waals surface area contributed by atoms with Crippen molar-refractivity contribution in [1.29, 1.82) is 0 Å². The summed E-state index contributed by atoms with van der Waals surface area (Å²) >= 11 is 0. The Kier molecular flexibility index (Phi) is 52.9. The van der Waals surface area contributed by atoms with Gasteiger partial charge >= 0.3 is 0 Å². The second-order valence-electron chi connectivity index (χ2n) is 20.3. The number of carbonyl (C=O) groups is 1. The van der Waals surface area contributed by atoms with Crippen LogP contribution < -0.4 is 5.32 Å². The Morgan fingerprint density at radius 2 is 0.651 bits per heavy atom. The van der Waals surface area contributed by atoms with Crippen molar-refractivity contribution < 1.29 is 20.1 Å². The van der Waals surface area contributed by atoms with Gasteiger partial charge in [0.1, 0.15) is 0 Å². The summed E-state index contributed by atoms with van der Waals surface area (Å²) in [5, 5.41) is 33.5. The Morgan fingerprint density at radius 3 is 0.921 bits per heavy atom. The zero-order chi connectivity index (χ0) is 45.8. The summed E-state index contributed by atoms with van der Waals surface area (Å²) in [7, 11) is 0. The van der Waals surface area contributed by atoms with E-state index in [1.807, 2.05) is 6.08 Å². The van der Waals surface area contributed by atoms with Gasteiger partial charge in [-0.25, -0.2) is 0 Å². The van der Waals surface area contributed by atoms with Crippen molar-refractivity contribution in [2.45, 2.75) is 347 Å². The van der Waals surface area contributed by atoms with Crippen molar-refractivity contribution >= 4 is 5.91 Å². The summed E-state index contributed by atoms with van der Waals surface area (Å²) in [6.45, 7) is 4.26. The van der Waals surface area contributed by atoms with Gasteiger partial charge < -0.3 is 20.6 Å². The zero-order valence-corrected chi connectivity index (χ0v) is 43.0. The third kappa shape index (κ3) is 50.3. The Hall–Kier alpha value is -0.910. The van der Waals surface area contributed by atoms with Crippen molar-refractivity contribution in [3.63, 3.8) is 0 Å². The lowest BCUT2D eigenvalue weighted by Gasteiger charge is -2.21. The van der Waals surface area contributed by atoms with Crippen LogP contribution >= 0.6 is 0 Å². The smallest absolute Gasteiger partial charge is 0.222 e. The molecule has 0 aliphatic heterocycles. The van der Waals surface area contributed by atoms with Crippen LogP contribution in [-0.4, -0.2) is 46.1 Å². The average Bonchev–Trinajstić information content (AvgIpc) is 3.28. The molecule has 0 saturated carbocycles. The first kappa shape index (κ1) is 62.1. The van der Waals surface area contributed by atoms with Crippen LogP contribution in [0.1, 0.15) is 328 Å². The van der Waals surface area contributed by atoms with Crippen LogP contribution in [0.15, 0.2) is 12.2 Å². The standard InChI is InChI=1S/C58H115NO4/c1-3-5-7-9-11-13-15-17-19-21-23-25-27-28-30-31-33-35-37-39-41-43-45-47-49-51-55(61)53-58(63)59-56(54-60)57(62)52-50-48-46-44-42-40-38-36-34-32-29-26-24-22-20-18-16-14-12-10-8-6-4-2/h50,52,55-57,60-62H,3-49,51,53-54H2,1-2H3,(H,59,63)/b52-50+. The predicted octanol–water partition coefficient (Wildman–Crippen LogP) is 17.9. The molecular formula is C58H115NO4. The van der Waals surface area contributed by atoms with Gasteiger partial charge in [-0.2, -0.15) is 0 Å². The van der Waals surface area contributed by atoms with Gasteiger partial charge in [0.15, 0.2) is 0 Å². The number of amides is 1. The molecule has 5 heteroatoms. The number of hydrogen-bond acceptors (Lipinski definition) is 4. The molecule has 0 radical (unpaired) electrons. The fourth-order valence-electron chi connectivity index (χ4n) is 9.40. The first-order chi connectivity index (χ1) is 31.0. The van der Waals surface area contributed by atoms with Gasteiger partial charge in [0.2, 0.25) is 5.91 Å². The van der Waals surface area contributed by atoms with Crippen molar-refractivity contribution in [2.75, 3.05) is 6.61 Å². The molecule has 0 heterocycles. The van der Waals surface area contributed by atoms with Crippen molar-refractivity contribution in [1.82, 2.24) is 5.32 Å². The molecule has 376 valence electrons. The molecule has 63 heavy (non-hydrogen) atoms. The van der Waals surface area contributed by atoms with E-state index in [-0.39, 0.29) is 18.9 Å². The van der Waals surface area contributed by atoms with E-state index in [4.69, 9.17) is 0 Å². The molecule has 1 amide bonds. The van der Waals surface area contributed by atoms with Crippen LogP contribution in [0.5, 0.6) is 0 Å². The Balaban J connectivity index is 3.53. The number of allylic oxidation sites excluding steroid dienone is 1. The van der Waals surface area contributed by atoms with Gasteiger partial charge in [0, 0.05) is 0 Å². The van der Waals surface area contributed by atoms with Crippen molar-refractivity contribution in [2.24, 2.45) is 0 Å². The summed E-state index contributed by atoms with van der Waals surface area (Å²) < 4.78 is 0. The zero-order valence-electron chi connectivity index (χ0n) is 43.0. The first-order valence-electron chi connectivity index (χ1n) is 29.0. The molecule has 0 aromatic carbocycles. The van der Waals surface area contributed by atoms with E-state index in [0.29, 0.717) is 6.42 Å². The Labute approximate surface area is 395 Å². The highest BCUT2D eigenvalue weighted by molar-refractivity contribution is 5.76. The monoisotopic (exact) mass is 890 g/mol. The van der Waals surface area contributed by atoms with Crippen LogP contribution in [-0.2, 0) is 4.79 Å². The third-order valence-corrected chi connectivity index (χ3v) is 13.8. The molecule has 0 aromatic heterocycles. The minimum Gasteiger partial charge on any atom is -0.394 e. The maximum Gasteiger partial charge on any atom is 0.222 e. The van der Waals surface area contributed by atoms with E-state index in [0.717, 1.165) is 25.7 Å². The molecule has 4 N–H and O–H groups in total. The molecule has 0 rings (SSSR count). The quantitative estimate of drug-likeness (QED) is 0.0362. The molecule has 5 nitrogen and oxygen atoms in total. The summed E-state index contributed by atoms with van der Waals surface area (Å²) in [5.41, 5.74) is 0. The molecule has 0 spiro atoms. The fraction of sp³-hybridized carbons (Fsp3) is 0.948. The van der Waals surface area contributed by atoms with E-state index in [2.05, 4.69) is 19.2 Å². The van der Waals surface area contributed by atoms with Crippen LogP contribution in [0, 0.1) is 0 Å². The Bertz CT molecular complexity index is 894. The summed E-state index contributed by atoms with van der Waals surface area (Å²) in [5.74, 6) is -0.307. The van der Waals surface area contributed by atoms with Gasteiger partial charge in [-0.3, -0.25) is 4.79 Å². The van der Waals surface area contributed by atoms with Gasteiger partial charge in [-0.05, 0) is 19.3 Å². The van der Waals surface area contributed by atoms with E-state index < -0.39 is 18.2 Å². The second-order valence-corrected chi connectivity index (χ2v) is 20.3. The number of aliphatic hydroxyl groups excluding tert-OH is 3. The van der Waals surface area contributed by atoms with Gasteiger partial charge in [-0.1, -0.05) is 315 Å². The number of hydrogen-bond donors (Lipinski definition) is 4. The molecule has 0 saturated heterocycles. The SMILES string of the molecule is CCCCCCCCCCCCCCCCCCCCCCC/C=C/C(O)C(CO)NC(=O)CC(O)CCCCCCCCCCCCCCCCCCCCCCCCCCC. The lowest BCUT2D eigenvalue weighted by atomic mass is 10.0. The Morgan fingerprint density at radius 1 is 0.397 bits per heavy atom. The molecule has 3 atom stereocenters. The molecule has 0 bridgehead atoms. The minimum absolute atomic E-state index is 0.0196. The van der Waals surface area contributed by atoms with E-state index in [1.54, 1.807) is 6.08 Å². The van der Waals surface area contributed by atoms with Gasteiger partial charge in [0.25, 0.3) is 0 Å². The lowest BCUT2D eigenvalue weighted by Crippen LogP contribution is -2.45. The highest BCUT2D eigenvalue weighted by Gasteiger charge is 2.20. The van der Waals surface area contributed by atoms with E-state index in [1.165, 1.54) is 276 Å². The maximum atomic E-state index is 12.5. The molecule has 0 fully saturated rings. The van der Waals surface area contributed by atoms with Crippen LogP contribution in [0.3, 0.4) is 0 Å². The number of aliphatic hydroxyl groups is 3. The molecule has 0 aliphatic rings. The number of unbranched alkanes of at least 4 members (excludes halogenated alkanes) is 45. The summed E-state index contributed by atoms with van der Waals surface area (Å²) in [6, 6.07) is -0.741. The maximum absolute atomic E-state index is 12.5. The predicted molar refractivity (Wildman–Crippen MR) is 278 cm³/mol. The van der Waals surface area contributed by atoms with Gasteiger partial charge in [0.05, 0.1) is 31.3 Å². The van der Waals surface area contributed by atoms with E-state index in [9.17, 15) is 20.1 Å². The highest BCUT2D eigenvalue weighted by atomic mass is 16.3. The second kappa shape index (κ2) is 53.7. The number of carbonyl (C=O) groups excluding carboxylic acids is 1. The third-order valence-electron chi connectivity index (χ3n) is 13.8. The summed E-state index contributed by atoms with van der Waals surface area (Å²) in [4.78, 5) is 12.5. The minimum atomic E-state index is -0.926. The lowest BCUT2D eigenvalue weighted by molar-refractivity contribution is -0.124. The topological polar surface area (TPSA) is 89.8 Å². The summed E-state index contributed by atoms with van der Waals surface area (Å²) in [6.07, 6.45) is 66.9.